The van der Waals surface area contributed by atoms with Crippen LogP contribution in [-0.4, -0.2) is 29.3 Å². The fourth-order valence-electron chi connectivity index (χ4n) is 1.69. The van der Waals surface area contributed by atoms with E-state index in [1.165, 1.54) is 24.5 Å². The molecule has 2 aromatic rings. The minimum absolute atomic E-state index is 0.106. The number of nitrogens with one attached hydrogen (secondary N) is 2. The molecule has 0 atom stereocenters. The Bertz CT molecular complexity index is 826. The summed E-state index contributed by atoms with van der Waals surface area (Å²) < 4.78 is 9.65. The van der Waals surface area contributed by atoms with Crippen molar-refractivity contribution in [2.45, 2.75) is 0 Å². The fraction of sp³-hybridized carbons (Fsp3) is 0.0625. The van der Waals surface area contributed by atoms with Crippen LogP contribution in [-0.2, 0) is 14.3 Å². The normalized spacial score (nSPS) is 10.3. The lowest BCUT2D eigenvalue weighted by Gasteiger charge is -2.07. The summed E-state index contributed by atoms with van der Waals surface area (Å²) in [6.07, 6.45) is 3.89. The van der Waals surface area contributed by atoms with Gasteiger partial charge in [0.25, 0.3) is 17.5 Å². The Labute approximate surface area is 146 Å². The summed E-state index contributed by atoms with van der Waals surface area (Å²) in [6.45, 7) is -0.609. The van der Waals surface area contributed by atoms with Crippen LogP contribution >= 0.6 is 0 Å². The molecule has 1 heterocycles. The summed E-state index contributed by atoms with van der Waals surface area (Å²) in [6, 6.07) is 8.06. The van der Waals surface area contributed by atoms with Crippen molar-refractivity contribution in [3.63, 3.8) is 0 Å². The molecule has 0 unspecified atom stereocenters. The highest BCUT2D eigenvalue weighted by molar-refractivity contribution is 5.96. The Balaban J connectivity index is 1.73. The standard InChI is InChI=1S/C16H13N3O7/c20-14(10-26-15(21)8-7-13-2-1-9-25-13)17-18-16(22)11-3-5-12(6-4-11)19(23)24/h1-9H,10H2,(H,17,20)(H,18,22)/b8-7+. The Morgan fingerprint density at radius 2 is 1.88 bits per heavy atom. The van der Waals surface area contributed by atoms with Gasteiger partial charge in [-0.15, -0.1) is 0 Å². The van der Waals surface area contributed by atoms with Crippen molar-refractivity contribution in [2.24, 2.45) is 0 Å². The summed E-state index contributed by atoms with van der Waals surface area (Å²) in [5.74, 6) is -1.77. The summed E-state index contributed by atoms with van der Waals surface area (Å²) in [7, 11) is 0. The van der Waals surface area contributed by atoms with Gasteiger partial charge >= 0.3 is 5.97 Å². The molecule has 10 heteroatoms. The molecule has 0 aliphatic heterocycles. The van der Waals surface area contributed by atoms with Gasteiger partial charge in [0.15, 0.2) is 6.61 Å². The number of hydrogen-bond donors (Lipinski definition) is 2. The summed E-state index contributed by atoms with van der Waals surface area (Å²) in [5, 5.41) is 10.5. The second-order valence-electron chi connectivity index (χ2n) is 4.76. The average Bonchev–Trinajstić information content (AvgIpc) is 3.16. The SMILES string of the molecule is O=C(COC(=O)/C=C/c1ccco1)NNC(=O)c1ccc([N+](=O)[O-])cc1. The van der Waals surface area contributed by atoms with Crippen LogP contribution in [0.5, 0.6) is 0 Å². The van der Waals surface area contributed by atoms with Crippen molar-refractivity contribution in [1.29, 1.82) is 0 Å². The lowest BCUT2D eigenvalue weighted by atomic mass is 10.2. The van der Waals surface area contributed by atoms with Gasteiger partial charge in [-0.2, -0.15) is 0 Å². The van der Waals surface area contributed by atoms with Crippen molar-refractivity contribution in [3.8, 4) is 0 Å². The largest absolute Gasteiger partial charge is 0.465 e. The molecule has 26 heavy (non-hydrogen) atoms. The molecule has 2 N–H and O–H groups in total. The van der Waals surface area contributed by atoms with Crippen LogP contribution in [0.2, 0.25) is 0 Å². The first kappa shape index (κ1) is 18.4. The Morgan fingerprint density at radius 1 is 1.15 bits per heavy atom. The maximum Gasteiger partial charge on any atom is 0.331 e. The number of rotatable bonds is 6. The van der Waals surface area contributed by atoms with Crippen molar-refractivity contribution in [3.05, 3.63) is 70.2 Å². The minimum atomic E-state index is -0.766. The summed E-state index contributed by atoms with van der Waals surface area (Å²) in [4.78, 5) is 44.7. The average molecular weight is 359 g/mol. The molecular weight excluding hydrogens is 346 g/mol. The molecule has 134 valence electrons. The molecule has 2 amide bonds. The number of non-ortho nitro benzene ring substituents is 1. The summed E-state index contributed by atoms with van der Waals surface area (Å²) >= 11 is 0. The van der Waals surface area contributed by atoms with Gasteiger partial charge in [0, 0.05) is 23.8 Å². The van der Waals surface area contributed by atoms with Crippen molar-refractivity contribution in [1.82, 2.24) is 10.9 Å². The molecular formula is C16H13N3O7. The molecule has 0 saturated carbocycles. The van der Waals surface area contributed by atoms with Gasteiger partial charge in [0.05, 0.1) is 11.2 Å². The van der Waals surface area contributed by atoms with Crippen LogP contribution in [0, 0.1) is 10.1 Å². The van der Waals surface area contributed by atoms with Crippen LogP contribution in [0.3, 0.4) is 0 Å². The highest BCUT2D eigenvalue weighted by Gasteiger charge is 2.11. The second kappa shape index (κ2) is 8.78. The van der Waals surface area contributed by atoms with Gasteiger partial charge in [-0.25, -0.2) is 4.79 Å². The number of nitro groups is 1. The molecule has 0 aliphatic carbocycles. The van der Waals surface area contributed by atoms with Gasteiger partial charge < -0.3 is 9.15 Å². The predicted octanol–water partition coefficient (Wildman–Crippen LogP) is 1.21. The zero-order valence-corrected chi connectivity index (χ0v) is 13.2. The molecule has 10 nitrogen and oxygen atoms in total. The maximum atomic E-state index is 11.8. The number of nitrogens with zero attached hydrogens (tertiary/aromatic N) is 1. The van der Waals surface area contributed by atoms with E-state index >= 15 is 0 Å². The highest BCUT2D eigenvalue weighted by atomic mass is 16.6. The molecule has 0 bridgehead atoms. The van der Waals surface area contributed by atoms with E-state index in [0.29, 0.717) is 5.76 Å². The first-order valence-electron chi connectivity index (χ1n) is 7.17. The van der Waals surface area contributed by atoms with E-state index in [9.17, 15) is 24.5 Å². The van der Waals surface area contributed by atoms with E-state index in [0.717, 1.165) is 18.2 Å². The molecule has 0 radical (unpaired) electrons. The monoisotopic (exact) mass is 359 g/mol. The van der Waals surface area contributed by atoms with Gasteiger partial charge in [-0.1, -0.05) is 0 Å². The van der Waals surface area contributed by atoms with E-state index in [2.05, 4.69) is 15.6 Å². The molecule has 1 aromatic heterocycles. The number of hydrogen-bond acceptors (Lipinski definition) is 7. The number of carbonyl (C=O) groups is 3. The van der Waals surface area contributed by atoms with E-state index < -0.39 is 29.3 Å². The molecule has 0 aliphatic rings. The maximum absolute atomic E-state index is 11.8. The number of carbonyl (C=O) groups excluding carboxylic acids is 3. The van der Waals surface area contributed by atoms with Crippen LogP contribution in [0.1, 0.15) is 16.1 Å². The second-order valence-corrected chi connectivity index (χ2v) is 4.76. The minimum Gasteiger partial charge on any atom is -0.465 e. The highest BCUT2D eigenvalue weighted by Crippen LogP contribution is 2.11. The zero-order chi connectivity index (χ0) is 18.9. The molecule has 0 fully saturated rings. The third kappa shape index (κ3) is 5.60. The number of hydrazine groups is 1. The Kier molecular flexibility index (Phi) is 6.21. The first-order valence-corrected chi connectivity index (χ1v) is 7.17. The number of ether oxygens (including phenoxy) is 1. The van der Waals surface area contributed by atoms with E-state index in [4.69, 9.17) is 4.42 Å². The van der Waals surface area contributed by atoms with Crippen molar-refractivity contribution >= 4 is 29.5 Å². The number of esters is 1. The smallest absolute Gasteiger partial charge is 0.331 e. The third-order valence-corrected chi connectivity index (χ3v) is 2.93. The quantitative estimate of drug-likeness (QED) is 0.342. The molecule has 0 spiro atoms. The number of furan rings is 1. The zero-order valence-electron chi connectivity index (χ0n) is 13.2. The van der Waals surface area contributed by atoms with E-state index in [1.54, 1.807) is 12.1 Å². The van der Waals surface area contributed by atoms with Crippen LogP contribution in [0.4, 0.5) is 5.69 Å². The van der Waals surface area contributed by atoms with E-state index in [-0.39, 0.29) is 11.3 Å². The third-order valence-electron chi connectivity index (χ3n) is 2.93. The lowest BCUT2D eigenvalue weighted by molar-refractivity contribution is -0.384. The van der Waals surface area contributed by atoms with Gasteiger partial charge in [-0.3, -0.25) is 30.6 Å². The van der Waals surface area contributed by atoms with E-state index in [1.807, 2.05) is 0 Å². The first-order chi connectivity index (χ1) is 12.5. The van der Waals surface area contributed by atoms with Crippen LogP contribution in [0.15, 0.2) is 53.2 Å². The number of nitro benzene ring substituents is 1. The molecule has 2 rings (SSSR count). The van der Waals surface area contributed by atoms with Gasteiger partial charge in [-0.05, 0) is 30.3 Å². The number of amides is 2. The predicted molar refractivity (Wildman–Crippen MR) is 87.4 cm³/mol. The lowest BCUT2D eigenvalue weighted by Crippen LogP contribution is -2.43. The topological polar surface area (TPSA) is 141 Å². The number of benzene rings is 1. The van der Waals surface area contributed by atoms with Crippen molar-refractivity contribution < 1.29 is 28.5 Å². The van der Waals surface area contributed by atoms with Crippen LogP contribution in [0.25, 0.3) is 6.08 Å². The van der Waals surface area contributed by atoms with Crippen LogP contribution < -0.4 is 10.9 Å². The molecule has 0 saturated heterocycles. The Morgan fingerprint density at radius 3 is 2.50 bits per heavy atom. The molecule has 1 aromatic carbocycles. The Hall–Kier alpha value is -3.95. The fourth-order valence-corrected chi connectivity index (χ4v) is 1.69. The summed E-state index contributed by atoms with van der Waals surface area (Å²) in [5.41, 5.74) is 4.08. The van der Waals surface area contributed by atoms with Crippen molar-refractivity contribution in [2.75, 3.05) is 6.61 Å². The van der Waals surface area contributed by atoms with Gasteiger partial charge in [0.1, 0.15) is 5.76 Å². The van der Waals surface area contributed by atoms with Gasteiger partial charge in [0.2, 0.25) is 0 Å².